The van der Waals surface area contributed by atoms with Gasteiger partial charge >= 0.3 is 0 Å². The van der Waals surface area contributed by atoms with Gasteiger partial charge in [-0.25, -0.2) is 4.39 Å². The van der Waals surface area contributed by atoms with Crippen LogP contribution in [0.2, 0.25) is 0 Å². The van der Waals surface area contributed by atoms with Crippen molar-refractivity contribution in [2.24, 2.45) is 0 Å². The van der Waals surface area contributed by atoms with Crippen molar-refractivity contribution in [3.8, 4) is 0 Å². The lowest BCUT2D eigenvalue weighted by Crippen LogP contribution is -2.39. The first-order chi connectivity index (χ1) is 11.7. The van der Waals surface area contributed by atoms with Crippen molar-refractivity contribution in [1.82, 2.24) is 10.2 Å². The van der Waals surface area contributed by atoms with Crippen LogP contribution in [0.15, 0.2) is 18.2 Å². The van der Waals surface area contributed by atoms with E-state index < -0.39 is 0 Å². The Morgan fingerprint density at radius 1 is 1.38 bits per heavy atom. The number of benzene rings is 1. The van der Waals surface area contributed by atoms with Crippen LogP contribution in [0.3, 0.4) is 0 Å². The molecule has 1 aromatic carbocycles. The van der Waals surface area contributed by atoms with E-state index in [9.17, 15) is 9.18 Å². The van der Waals surface area contributed by atoms with E-state index in [2.05, 4.69) is 5.32 Å². The number of ether oxygens (including phenoxy) is 1. The lowest BCUT2D eigenvalue weighted by atomic mass is 10.1. The zero-order valence-electron chi connectivity index (χ0n) is 13.7. The van der Waals surface area contributed by atoms with Crippen molar-refractivity contribution in [1.29, 1.82) is 0 Å². The third-order valence-corrected chi connectivity index (χ3v) is 6.24. The van der Waals surface area contributed by atoms with Gasteiger partial charge in [0.2, 0.25) is 0 Å². The monoisotopic (exact) mass is 348 g/mol. The summed E-state index contributed by atoms with van der Waals surface area (Å²) in [7, 11) is 1.58. The van der Waals surface area contributed by atoms with Crippen LogP contribution in [-0.2, 0) is 11.3 Å². The van der Waals surface area contributed by atoms with Crippen LogP contribution in [0.1, 0.15) is 34.5 Å². The minimum atomic E-state index is -0.286. The lowest BCUT2D eigenvalue weighted by molar-refractivity contribution is 0.0749. The average molecular weight is 348 g/mol. The standard InChI is InChI=1S/C18H21FN2O2S/c1-23-10-13-16-14(19)3-2-4-15(16)24-17(13)18(22)21-8-7-11-5-6-12(9-21)20-11/h2-4,11-12,20H,5-10H2,1H3. The minimum Gasteiger partial charge on any atom is -0.380 e. The number of halogens is 1. The summed E-state index contributed by atoms with van der Waals surface area (Å²) in [5.41, 5.74) is 0.683. The number of fused-ring (bicyclic) bond motifs is 3. The van der Waals surface area contributed by atoms with Crippen molar-refractivity contribution in [2.45, 2.75) is 38.0 Å². The largest absolute Gasteiger partial charge is 0.380 e. The second kappa shape index (κ2) is 6.43. The molecular formula is C18H21FN2O2S. The van der Waals surface area contributed by atoms with Crippen molar-refractivity contribution in [2.75, 3.05) is 20.2 Å². The van der Waals surface area contributed by atoms with Crippen molar-refractivity contribution in [3.63, 3.8) is 0 Å². The van der Waals surface area contributed by atoms with E-state index in [0.29, 0.717) is 27.9 Å². The molecule has 1 N–H and O–H groups in total. The Balaban J connectivity index is 1.71. The zero-order chi connectivity index (χ0) is 16.7. The molecule has 128 valence electrons. The maximum atomic E-state index is 14.3. The summed E-state index contributed by atoms with van der Waals surface area (Å²) in [5, 5.41) is 4.12. The van der Waals surface area contributed by atoms with Crippen LogP contribution in [-0.4, -0.2) is 43.1 Å². The van der Waals surface area contributed by atoms with Gasteiger partial charge in [0.15, 0.2) is 0 Å². The molecular weight excluding hydrogens is 327 g/mol. The van der Waals surface area contributed by atoms with Crippen LogP contribution in [0.25, 0.3) is 10.1 Å². The molecule has 2 aromatic rings. The molecule has 2 aliphatic rings. The maximum Gasteiger partial charge on any atom is 0.264 e. The Kier molecular flexibility index (Phi) is 4.28. The lowest BCUT2D eigenvalue weighted by Gasteiger charge is -2.24. The summed E-state index contributed by atoms with van der Waals surface area (Å²) in [6.07, 6.45) is 3.32. The van der Waals surface area contributed by atoms with Gasteiger partial charge in [-0.15, -0.1) is 11.3 Å². The van der Waals surface area contributed by atoms with Crippen LogP contribution in [0.5, 0.6) is 0 Å². The van der Waals surface area contributed by atoms with Gasteiger partial charge in [0, 0.05) is 47.9 Å². The molecule has 24 heavy (non-hydrogen) atoms. The highest BCUT2D eigenvalue weighted by Crippen LogP contribution is 2.35. The predicted octanol–water partition coefficient (Wildman–Crippen LogP) is 3.15. The molecule has 2 saturated heterocycles. The predicted molar refractivity (Wildman–Crippen MR) is 93.0 cm³/mol. The second-order valence-electron chi connectivity index (χ2n) is 6.63. The van der Waals surface area contributed by atoms with Crippen molar-refractivity contribution in [3.05, 3.63) is 34.5 Å². The quantitative estimate of drug-likeness (QED) is 0.926. The van der Waals surface area contributed by atoms with Crippen LogP contribution in [0.4, 0.5) is 4.39 Å². The molecule has 1 amide bonds. The van der Waals surface area contributed by atoms with E-state index in [-0.39, 0.29) is 18.3 Å². The van der Waals surface area contributed by atoms with Gasteiger partial charge in [-0.3, -0.25) is 4.79 Å². The van der Waals surface area contributed by atoms with Crippen LogP contribution >= 0.6 is 11.3 Å². The summed E-state index contributed by atoms with van der Waals surface area (Å²) in [4.78, 5) is 15.7. The molecule has 6 heteroatoms. The molecule has 2 atom stereocenters. The molecule has 2 aliphatic heterocycles. The summed E-state index contributed by atoms with van der Waals surface area (Å²) >= 11 is 1.37. The summed E-state index contributed by atoms with van der Waals surface area (Å²) in [6.45, 7) is 1.74. The molecule has 2 bridgehead atoms. The molecule has 0 spiro atoms. The normalized spacial score (nSPS) is 23.7. The molecule has 0 radical (unpaired) electrons. The number of hydrogen-bond donors (Lipinski definition) is 1. The van der Waals surface area contributed by atoms with E-state index in [1.165, 1.54) is 23.8 Å². The molecule has 4 nitrogen and oxygen atoms in total. The minimum absolute atomic E-state index is 0.0111. The summed E-state index contributed by atoms with van der Waals surface area (Å²) in [6, 6.07) is 5.92. The Morgan fingerprint density at radius 3 is 3.04 bits per heavy atom. The highest BCUT2D eigenvalue weighted by molar-refractivity contribution is 7.21. The molecule has 2 fully saturated rings. The van der Waals surface area contributed by atoms with E-state index in [1.807, 2.05) is 11.0 Å². The van der Waals surface area contributed by atoms with Gasteiger partial charge in [-0.05, 0) is 31.4 Å². The number of amides is 1. The number of methoxy groups -OCH3 is 1. The Hall–Kier alpha value is -1.50. The van der Waals surface area contributed by atoms with Crippen molar-refractivity contribution < 1.29 is 13.9 Å². The fourth-order valence-electron chi connectivity index (χ4n) is 3.89. The van der Waals surface area contributed by atoms with Gasteiger partial charge < -0.3 is 15.0 Å². The van der Waals surface area contributed by atoms with E-state index >= 15 is 0 Å². The molecule has 1 aromatic heterocycles. The smallest absolute Gasteiger partial charge is 0.264 e. The molecule has 2 unspecified atom stereocenters. The number of carbonyl (C=O) groups excluding carboxylic acids is 1. The number of rotatable bonds is 3. The zero-order valence-corrected chi connectivity index (χ0v) is 14.5. The fraction of sp³-hybridized carbons (Fsp3) is 0.500. The Morgan fingerprint density at radius 2 is 2.21 bits per heavy atom. The first-order valence-corrected chi connectivity index (χ1v) is 9.23. The van der Waals surface area contributed by atoms with E-state index in [0.717, 1.165) is 30.6 Å². The van der Waals surface area contributed by atoms with Crippen LogP contribution in [0, 0.1) is 5.82 Å². The number of hydrogen-bond acceptors (Lipinski definition) is 4. The first kappa shape index (κ1) is 16.0. The average Bonchev–Trinajstić information content (AvgIpc) is 3.08. The molecule has 3 heterocycles. The van der Waals surface area contributed by atoms with Crippen LogP contribution < -0.4 is 5.32 Å². The number of likely N-dealkylation sites (tertiary alicyclic amines) is 1. The van der Waals surface area contributed by atoms with Crippen molar-refractivity contribution >= 4 is 27.3 Å². The second-order valence-corrected chi connectivity index (χ2v) is 7.69. The number of carbonyl (C=O) groups is 1. The molecule has 0 saturated carbocycles. The van der Waals surface area contributed by atoms with Gasteiger partial charge in [0.25, 0.3) is 5.91 Å². The number of thiophene rings is 1. The van der Waals surface area contributed by atoms with Gasteiger partial charge in [0.1, 0.15) is 5.82 Å². The maximum absolute atomic E-state index is 14.3. The first-order valence-electron chi connectivity index (χ1n) is 8.41. The van der Waals surface area contributed by atoms with Gasteiger partial charge in [0.05, 0.1) is 11.5 Å². The summed E-state index contributed by atoms with van der Waals surface area (Å²) in [5.74, 6) is -0.275. The van der Waals surface area contributed by atoms with E-state index in [1.54, 1.807) is 13.2 Å². The highest BCUT2D eigenvalue weighted by Gasteiger charge is 2.33. The number of nitrogens with one attached hydrogen (secondary N) is 1. The molecule has 4 rings (SSSR count). The third-order valence-electron chi connectivity index (χ3n) is 5.06. The van der Waals surface area contributed by atoms with Gasteiger partial charge in [-0.1, -0.05) is 6.07 Å². The summed E-state index contributed by atoms with van der Waals surface area (Å²) < 4.78 is 20.4. The number of nitrogens with zero attached hydrogens (tertiary/aromatic N) is 1. The van der Waals surface area contributed by atoms with Gasteiger partial charge in [-0.2, -0.15) is 0 Å². The Bertz CT molecular complexity index is 776. The molecule has 0 aliphatic carbocycles. The SMILES string of the molecule is COCc1c(C(=O)N2CCC3CCC(C2)N3)sc2cccc(F)c12. The van der Waals surface area contributed by atoms with E-state index in [4.69, 9.17) is 4.74 Å². The highest BCUT2D eigenvalue weighted by atomic mass is 32.1. The Labute approximate surface area is 144 Å². The topological polar surface area (TPSA) is 41.6 Å². The fourth-order valence-corrected chi connectivity index (χ4v) is 5.08. The third kappa shape index (κ3) is 2.72.